The Labute approximate surface area is 83.7 Å². The van der Waals surface area contributed by atoms with Crippen molar-refractivity contribution in [3.8, 4) is 5.88 Å². The summed E-state index contributed by atoms with van der Waals surface area (Å²) >= 11 is 3.17. The third kappa shape index (κ3) is 2.38. The molecule has 0 fully saturated rings. The molecular formula is C8H9BrFNO2. The van der Waals surface area contributed by atoms with Crippen molar-refractivity contribution in [1.82, 2.24) is 4.98 Å². The quantitative estimate of drug-likeness (QED) is 0.890. The van der Waals surface area contributed by atoms with Crippen LogP contribution in [0.25, 0.3) is 0 Å². The molecule has 0 spiro atoms. The number of aliphatic hydroxyl groups is 1. The van der Waals surface area contributed by atoms with Gasteiger partial charge in [0.05, 0.1) is 7.11 Å². The van der Waals surface area contributed by atoms with Crippen molar-refractivity contribution in [3.05, 3.63) is 22.3 Å². The lowest BCUT2D eigenvalue weighted by molar-refractivity contribution is 0.137. The molecule has 0 bridgehead atoms. The number of aromatic nitrogens is 1. The fraction of sp³-hybridized carbons (Fsp3) is 0.375. The maximum absolute atomic E-state index is 12.2. The van der Waals surface area contributed by atoms with E-state index in [4.69, 9.17) is 4.74 Å². The predicted octanol–water partition coefficient (Wildman–Crippen LogP) is 1.86. The van der Waals surface area contributed by atoms with Gasteiger partial charge < -0.3 is 9.84 Å². The Morgan fingerprint density at radius 1 is 1.77 bits per heavy atom. The van der Waals surface area contributed by atoms with Crippen LogP contribution in [0.5, 0.6) is 5.88 Å². The lowest BCUT2D eigenvalue weighted by atomic mass is 10.2. The molecule has 5 heteroatoms. The van der Waals surface area contributed by atoms with Crippen molar-refractivity contribution in [2.75, 3.05) is 13.8 Å². The molecule has 0 aromatic carbocycles. The van der Waals surface area contributed by atoms with Crippen molar-refractivity contribution >= 4 is 15.9 Å². The Morgan fingerprint density at radius 3 is 3.00 bits per heavy atom. The molecule has 0 radical (unpaired) electrons. The van der Waals surface area contributed by atoms with Gasteiger partial charge in [-0.1, -0.05) is 0 Å². The average Bonchev–Trinajstić information content (AvgIpc) is 2.16. The topological polar surface area (TPSA) is 42.4 Å². The molecule has 1 atom stereocenters. The van der Waals surface area contributed by atoms with Gasteiger partial charge in [0.2, 0.25) is 5.88 Å². The van der Waals surface area contributed by atoms with Crippen LogP contribution in [0.3, 0.4) is 0 Å². The summed E-state index contributed by atoms with van der Waals surface area (Å²) in [5.41, 5.74) is 0.347. The highest BCUT2D eigenvalue weighted by Gasteiger charge is 2.14. The standard InChI is InChI=1S/C8H9BrFNO2/c1-13-8-6(7(12)3-10)2-5(9)4-11-8/h2,4,7,12H,3H2,1H3. The predicted molar refractivity (Wildman–Crippen MR) is 49.4 cm³/mol. The van der Waals surface area contributed by atoms with Crippen LogP contribution in [0, 0.1) is 0 Å². The molecule has 0 amide bonds. The summed E-state index contributed by atoms with van der Waals surface area (Å²) in [4.78, 5) is 3.87. The summed E-state index contributed by atoms with van der Waals surface area (Å²) in [6.07, 6.45) is 0.341. The molecule has 1 aromatic heterocycles. The first-order chi connectivity index (χ1) is 6.19. The van der Waals surface area contributed by atoms with E-state index >= 15 is 0 Å². The Hall–Kier alpha value is -0.680. The second kappa shape index (κ2) is 4.53. The molecule has 0 aliphatic heterocycles. The van der Waals surface area contributed by atoms with Gasteiger partial charge in [-0.25, -0.2) is 9.37 Å². The summed E-state index contributed by atoms with van der Waals surface area (Å²) in [5.74, 6) is 0.244. The monoisotopic (exact) mass is 249 g/mol. The number of ether oxygens (including phenoxy) is 1. The largest absolute Gasteiger partial charge is 0.481 e. The molecule has 1 unspecified atom stereocenters. The smallest absolute Gasteiger partial charge is 0.219 e. The van der Waals surface area contributed by atoms with Gasteiger partial charge in [0.25, 0.3) is 0 Å². The maximum Gasteiger partial charge on any atom is 0.219 e. The van der Waals surface area contributed by atoms with Crippen LogP contribution in [-0.4, -0.2) is 23.9 Å². The zero-order chi connectivity index (χ0) is 9.84. The van der Waals surface area contributed by atoms with Crippen molar-refractivity contribution in [3.63, 3.8) is 0 Å². The van der Waals surface area contributed by atoms with Gasteiger partial charge in [0, 0.05) is 16.2 Å². The molecule has 1 aromatic rings. The fourth-order valence-electron chi connectivity index (χ4n) is 0.935. The molecular weight excluding hydrogens is 241 g/mol. The highest BCUT2D eigenvalue weighted by molar-refractivity contribution is 9.10. The van der Waals surface area contributed by atoms with Gasteiger partial charge >= 0.3 is 0 Å². The molecule has 72 valence electrons. The molecule has 0 saturated carbocycles. The van der Waals surface area contributed by atoms with Crippen LogP contribution in [0.2, 0.25) is 0 Å². The zero-order valence-electron chi connectivity index (χ0n) is 7.00. The van der Waals surface area contributed by atoms with Crippen molar-refractivity contribution in [2.45, 2.75) is 6.10 Å². The van der Waals surface area contributed by atoms with E-state index in [1.165, 1.54) is 13.3 Å². The minimum Gasteiger partial charge on any atom is -0.481 e. The number of pyridine rings is 1. The lowest BCUT2D eigenvalue weighted by Gasteiger charge is -2.10. The fourth-order valence-corrected chi connectivity index (χ4v) is 1.28. The summed E-state index contributed by atoms with van der Waals surface area (Å²) < 4.78 is 17.7. The van der Waals surface area contributed by atoms with Crippen LogP contribution >= 0.6 is 15.9 Å². The Morgan fingerprint density at radius 2 is 2.46 bits per heavy atom. The van der Waals surface area contributed by atoms with E-state index in [1.807, 2.05) is 0 Å². The molecule has 1 rings (SSSR count). The zero-order valence-corrected chi connectivity index (χ0v) is 8.58. The number of halogens is 2. The molecule has 3 nitrogen and oxygen atoms in total. The third-order valence-electron chi connectivity index (χ3n) is 1.54. The molecule has 0 saturated heterocycles. The van der Waals surface area contributed by atoms with Crippen LogP contribution in [0.4, 0.5) is 4.39 Å². The first kappa shape index (κ1) is 10.4. The second-order valence-electron chi connectivity index (χ2n) is 2.42. The third-order valence-corrected chi connectivity index (χ3v) is 1.98. The molecule has 1 N–H and O–H groups in total. The van der Waals surface area contributed by atoms with E-state index < -0.39 is 12.8 Å². The average molecular weight is 250 g/mol. The Bertz CT molecular complexity index is 295. The van der Waals surface area contributed by atoms with E-state index in [-0.39, 0.29) is 5.88 Å². The van der Waals surface area contributed by atoms with Gasteiger partial charge in [-0.2, -0.15) is 0 Å². The maximum atomic E-state index is 12.2. The van der Waals surface area contributed by atoms with Crippen LogP contribution in [0.1, 0.15) is 11.7 Å². The number of hydrogen-bond acceptors (Lipinski definition) is 3. The highest BCUT2D eigenvalue weighted by Crippen LogP contribution is 2.25. The van der Waals surface area contributed by atoms with E-state index in [9.17, 15) is 9.50 Å². The first-order valence-electron chi connectivity index (χ1n) is 3.62. The molecule has 13 heavy (non-hydrogen) atoms. The number of alkyl halides is 1. The number of aliphatic hydroxyl groups excluding tert-OH is 1. The molecule has 0 aliphatic carbocycles. The summed E-state index contributed by atoms with van der Waals surface area (Å²) in [6, 6.07) is 1.58. The van der Waals surface area contributed by atoms with Crippen LogP contribution in [0.15, 0.2) is 16.7 Å². The van der Waals surface area contributed by atoms with E-state index in [0.717, 1.165) is 0 Å². The summed E-state index contributed by atoms with van der Waals surface area (Å²) in [6.45, 7) is -0.853. The normalized spacial score (nSPS) is 12.6. The van der Waals surface area contributed by atoms with E-state index in [1.54, 1.807) is 6.07 Å². The van der Waals surface area contributed by atoms with Gasteiger partial charge in [0.15, 0.2) is 0 Å². The minimum atomic E-state index is -1.18. The van der Waals surface area contributed by atoms with E-state index in [2.05, 4.69) is 20.9 Å². The van der Waals surface area contributed by atoms with Crippen molar-refractivity contribution < 1.29 is 14.2 Å². The Balaban J connectivity index is 3.07. The Kier molecular flexibility index (Phi) is 3.62. The first-order valence-corrected chi connectivity index (χ1v) is 4.41. The summed E-state index contributed by atoms with van der Waals surface area (Å²) in [7, 11) is 1.42. The van der Waals surface area contributed by atoms with E-state index in [0.29, 0.717) is 10.0 Å². The van der Waals surface area contributed by atoms with Crippen molar-refractivity contribution in [2.24, 2.45) is 0 Å². The second-order valence-corrected chi connectivity index (χ2v) is 3.34. The van der Waals surface area contributed by atoms with Gasteiger partial charge in [-0.05, 0) is 22.0 Å². The lowest BCUT2D eigenvalue weighted by Crippen LogP contribution is -2.03. The SMILES string of the molecule is COc1ncc(Br)cc1C(O)CF. The number of rotatable bonds is 3. The number of hydrogen-bond donors (Lipinski definition) is 1. The van der Waals surface area contributed by atoms with Crippen LogP contribution < -0.4 is 4.74 Å². The molecule has 0 aliphatic rings. The van der Waals surface area contributed by atoms with Gasteiger partial charge in [-0.15, -0.1) is 0 Å². The van der Waals surface area contributed by atoms with Crippen molar-refractivity contribution in [1.29, 1.82) is 0 Å². The minimum absolute atomic E-state index is 0.244. The van der Waals surface area contributed by atoms with Gasteiger partial charge in [0.1, 0.15) is 12.8 Å². The highest BCUT2D eigenvalue weighted by atomic mass is 79.9. The summed E-state index contributed by atoms with van der Waals surface area (Å²) in [5, 5.41) is 9.25. The number of nitrogens with zero attached hydrogens (tertiary/aromatic N) is 1. The van der Waals surface area contributed by atoms with Crippen LogP contribution in [-0.2, 0) is 0 Å². The molecule has 1 heterocycles. The number of methoxy groups -OCH3 is 1. The van der Waals surface area contributed by atoms with Gasteiger partial charge in [-0.3, -0.25) is 0 Å².